The summed E-state index contributed by atoms with van der Waals surface area (Å²) in [7, 11) is 0. The van der Waals surface area contributed by atoms with Gasteiger partial charge in [0.25, 0.3) is 0 Å². The second kappa shape index (κ2) is 5.21. The first-order valence-electron chi connectivity index (χ1n) is 6.21. The molecule has 4 heteroatoms. The van der Waals surface area contributed by atoms with Gasteiger partial charge in [0.15, 0.2) is 0 Å². The lowest BCUT2D eigenvalue weighted by Crippen LogP contribution is -2.21. The third-order valence-corrected chi connectivity index (χ3v) is 3.44. The standard InChI is InChI=1S/C14H18N2O2/c1-9(11-6-7-11)14(17)15-13-5-3-4-12(8-13)10(2)16-18/h3-5,8-9,11,18H,6-7H2,1-2H3,(H,15,17)/b16-10+. The number of rotatable bonds is 4. The van der Waals surface area contributed by atoms with Crippen molar-refractivity contribution in [1.82, 2.24) is 0 Å². The normalized spacial score (nSPS) is 17.3. The van der Waals surface area contributed by atoms with Gasteiger partial charge in [-0.1, -0.05) is 24.2 Å². The van der Waals surface area contributed by atoms with E-state index in [0.29, 0.717) is 11.6 Å². The summed E-state index contributed by atoms with van der Waals surface area (Å²) in [6.07, 6.45) is 2.32. The van der Waals surface area contributed by atoms with Gasteiger partial charge in [-0.05, 0) is 37.8 Å². The lowest BCUT2D eigenvalue weighted by Gasteiger charge is -2.11. The molecule has 0 aromatic heterocycles. The fraction of sp³-hybridized carbons (Fsp3) is 0.429. The number of nitrogens with zero attached hydrogens (tertiary/aromatic N) is 1. The Kier molecular flexibility index (Phi) is 3.65. The minimum Gasteiger partial charge on any atom is -0.411 e. The smallest absolute Gasteiger partial charge is 0.227 e. The van der Waals surface area contributed by atoms with E-state index in [4.69, 9.17) is 5.21 Å². The quantitative estimate of drug-likeness (QED) is 0.487. The average Bonchev–Trinajstić information content (AvgIpc) is 3.21. The van der Waals surface area contributed by atoms with Crippen LogP contribution in [0.4, 0.5) is 5.69 Å². The van der Waals surface area contributed by atoms with Crippen LogP contribution in [-0.2, 0) is 4.79 Å². The molecule has 96 valence electrons. The third-order valence-electron chi connectivity index (χ3n) is 3.44. The summed E-state index contributed by atoms with van der Waals surface area (Å²) >= 11 is 0. The average molecular weight is 246 g/mol. The van der Waals surface area contributed by atoms with E-state index in [-0.39, 0.29) is 11.8 Å². The zero-order valence-electron chi connectivity index (χ0n) is 10.7. The van der Waals surface area contributed by atoms with Gasteiger partial charge in [-0.15, -0.1) is 0 Å². The molecule has 1 saturated carbocycles. The van der Waals surface area contributed by atoms with Gasteiger partial charge in [-0.25, -0.2) is 0 Å². The van der Waals surface area contributed by atoms with Crippen LogP contribution in [0.15, 0.2) is 29.4 Å². The molecular weight excluding hydrogens is 228 g/mol. The van der Waals surface area contributed by atoms with E-state index in [9.17, 15) is 4.79 Å². The number of amides is 1. The van der Waals surface area contributed by atoms with E-state index in [0.717, 1.165) is 24.1 Å². The van der Waals surface area contributed by atoms with Crippen molar-refractivity contribution in [2.45, 2.75) is 26.7 Å². The Hall–Kier alpha value is -1.84. The van der Waals surface area contributed by atoms with E-state index in [2.05, 4.69) is 10.5 Å². The molecule has 1 fully saturated rings. The summed E-state index contributed by atoms with van der Waals surface area (Å²) in [5.74, 6) is 0.684. The van der Waals surface area contributed by atoms with Crippen molar-refractivity contribution in [3.05, 3.63) is 29.8 Å². The van der Waals surface area contributed by atoms with Crippen LogP contribution in [0, 0.1) is 11.8 Å². The molecule has 0 radical (unpaired) electrons. The second-order valence-electron chi connectivity index (χ2n) is 4.88. The molecule has 0 spiro atoms. The molecule has 1 amide bonds. The molecule has 0 aliphatic heterocycles. The van der Waals surface area contributed by atoms with Gasteiger partial charge in [-0.2, -0.15) is 0 Å². The number of oxime groups is 1. The van der Waals surface area contributed by atoms with E-state index >= 15 is 0 Å². The largest absolute Gasteiger partial charge is 0.411 e. The summed E-state index contributed by atoms with van der Waals surface area (Å²) < 4.78 is 0. The van der Waals surface area contributed by atoms with Crippen molar-refractivity contribution >= 4 is 17.3 Å². The van der Waals surface area contributed by atoms with Crippen LogP contribution >= 0.6 is 0 Å². The Labute approximate surface area is 107 Å². The Balaban J connectivity index is 2.07. The molecule has 1 unspecified atom stereocenters. The van der Waals surface area contributed by atoms with Crippen molar-refractivity contribution in [1.29, 1.82) is 0 Å². The number of benzene rings is 1. The SMILES string of the molecule is C/C(=N\O)c1cccc(NC(=O)C(C)C2CC2)c1. The van der Waals surface area contributed by atoms with Gasteiger partial charge in [0.05, 0.1) is 5.71 Å². The highest BCUT2D eigenvalue weighted by Gasteiger charge is 2.32. The van der Waals surface area contributed by atoms with Gasteiger partial charge in [0.1, 0.15) is 0 Å². The molecule has 2 rings (SSSR count). The van der Waals surface area contributed by atoms with Crippen LogP contribution in [0.3, 0.4) is 0 Å². The molecule has 18 heavy (non-hydrogen) atoms. The molecule has 1 aromatic carbocycles. The van der Waals surface area contributed by atoms with E-state index in [1.165, 1.54) is 0 Å². The highest BCUT2D eigenvalue weighted by molar-refractivity contribution is 6.00. The third kappa shape index (κ3) is 2.88. The number of hydrogen-bond acceptors (Lipinski definition) is 3. The lowest BCUT2D eigenvalue weighted by atomic mass is 10.1. The van der Waals surface area contributed by atoms with Crippen LogP contribution in [0.5, 0.6) is 0 Å². The lowest BCUT2D eigenvalue weighted by molar-refractivity contribution is -0.119. The maximum absolute atomic E-state index is 12.0. The molecular formula is C14H18N2O2. The zero-order valence-corrected chi connectivity index (χ0v) is 10.7. The summed E-state index contributed by atoms with van der Waals surface area (Å²) in [6.45, 7) is 3.69. The Bertz CT molecular complexity index is 478. The van der Waals surface area contributed by atoms with Crippen LogP contribution in [0.1, 0.15) is 32.3 Å². The summed E-state index contributed by atoms with van der Waals surface area (Å²) in [6, 6.07) is 7.33. The van der Waals surface area contributed by atoms with Crippen LogP contribution in [0.2, 0.25) is 0 Å². The molecule has 1 aliphatic rings. The highest BCUT2D eigenvalue weighted by atomic mass is 16.4. The first-order chi connectivity index (χ1) is 8.61. The monoisotopic (exact) mass is 246 g/mol. The number of hydrogen-bond donors (Lipinski definition) is 2. The topological polar surface area (TPSA) is 61.7 Å². The van der Waals surface area contributed by atoms with Gasteiger partial charge in [-0.3, -0.25) is 4.79 Å². The Morgan fingerprint density at radius 1 is 1.50 bits per heavy atom. The molecule has 2 N–H and O–H groups in total. The molecule has 1 atom stereocenters. The van der Waals surface area contributed by atoms with Crippen molar-refractivity contribution in [2.24, 2.45) is 17.0 Å². The van der Waals surface area contributed by atoms with Gasteiger partial charge >= 0.3 is 0 Å². The molecule has 1 aromatic rings. The molecule has 1 aliphatic carbocycles. The van der Waals surface area contributed by atoms with Crippen molar-refractivity contribution in [3.63, 3.8) is 0 Å². The minimum atomic E-state index is 0.0632. The summed E-state index contributed by atoms with van der Waals surface area (Å²) in [4.78, 5) is 12.0. The van der Waals surface area contributed by atoms with Crippen LogP contribution < -0.4 is 5.32 Å². The van der Waals surface area contributed by atoms with Gasteiger partial charge < -0.3 is 10.5 Å². The maximum atomic E-state index is 12.0. The number of carbonyl (C=O) groups excluding carboxylic acids is 1. The molecule has 0 saturated heterocycles. The summed E-state index contributed by atoms with van der Waals surface area (Å²) in [5, 5.41) is 14.8. The van der Waals surface area contributed by atoms with Crippen LogP contribution in [-0.4, -0.2) is 16.8 Å². The van der Waals surface area contributed by atoms with Crippen LogP contribution in [0.25, 0.3) is 0 Å². The number of anilines is 1. The summed E-state index contributed by atoms with van der Waals surface area (Å²) in [5.41, 5.74) is 2.07. The Morgan fingerprint density at radius 3 is 2.83 bits per heavy atom. The minimum absolute atomic E-state index is 0.0632. The number of carbonyl (C=O) groups is 1. The van der Waals surface area contributed by atoms with Gasteiger partial charge in [0, 0.05) is 17.2 Å². The Morgan fingerprint density at radius 2 is 2.22 bits per heavy atom. The fourth-order valence-electron chi connectivity index (χ4n) is 1.95. The maximum Gasteiger partial charge on any atom is 0.227 e. The molecule has 4 nitrogen and oxygen atoms in total. The fourth-order valence-corrected chi connectivity index (χ4v) is 1.95. The molecule has 0 heterocycles. The van der Waals surface area contributed by atoms with Crippen molar-refractivity contribution in [3.8, 4) is 0 Å². The first-order valence-corrected chi connectivity index (χ1v) is 6.21. The first kappa shape index (κ1) is 12.6. The predicted octanol–water partition coefficient (Wildman–Crippen LogP) is 2.87. The second-order valence-corrected chi connectivity index (χ2v) is 4.88. The molecule has 0 bridgehead atoms. The van der Waals surface area contributed by atoms with E-state index in [1.807, 2.05) is 31.2 Å². The van der Waals surface area contributed by atoms with E-state index in [1.54, 1.807) is 6.92 Å². The number of nitrogens with one attached hydrogen (secondary N) is 1. The van der Waals surface area contributed by atoms with Gasteiger partial charge in [0.2, 0.25) is 5.91 Å². The van der Waals surface area contributed by atoms with E-state index < -0.39 is 0 Å². The van der Waals surface area contributed by atoms with Crippen molar-refractivity contribution in [2.75, 3.05) is 5.32 Å². The predicted molar refractivity (Wildman–Crippen MR) is 71.0 cm³/mol. The highest BCUT2D eigenvalue weighted by Crippen LogP contribution is 2.37. The zero-order chi connectivity index (χ0) is 13.1. The van der Waals surface area contributed by atoms with Crippen molar-refractivity contribution < 1.29 is 10.0 Å².